The fourth-order valence-corrected chi connectivity index (χ4v) is 0.783. The molecule has 1 heterocycles. The molecule has 0 N–H and O–H groups in total. The predicted octanol–water partition coefficient (Wildman–Crippen LogP) is 0.599. The highest BCUT2D eigenvalue weighted by atomic mass is 35.5. The molecule has 0 aliphatic carbocycles. The van der Waals surface area contributed by atoms with Crippen molar-refractivity contribution in [1.82, 2.24) is 0 Å². The van der Waals surface area contributed by atoms with E-state index >= 15 is 0 Å². The molecule has 0 aromatic carbocycles. The molecule has 0 spiro atoms. The maximum Gasteiger partial charge on any atom is 0.381 e. The molecular weight excluding hydrogens is 184 g/mol. The van der Waals surface area contributed by atoms with Gasteiger partial charge in [0.05, 0.1) is 12.7 Å². The zero-order valence-corrected chi connectivity index (χ0v) is 6.97. The van der Waals surface area contributed by atoms with Crippen molar-refractivity contribution in [3.05, 3.63) is 11.8 Å². The summed E-state index contributed by atoms with van der Waals surface area (Å²) in [6.45, 7) is 0.317. The van der Waals surface area contributed by atoms with Gasteiger partial charge in [-0.05, 0) is 6.42 Å². The summed E-state index contributed by atoms with van der Waals surface area (Å²) in [6, 6.07) is 0. The molecule has 0 saturated heterocycles. The van der Waals surface area contributed by atoms with Crippen LogP contribution in [0.15, 0.2) is 11.8 Å². The molecular formula is C7H7ClO4. The molecule has 5 heteroatoms. The second kappa shape index (κ2) is 4.11. The molecule has 0 bridgehead atoms. The highest BCUT2D eigenvalue weighted by Gasteiger charge is 2.24. The number of ether oxygens (including phenoxy) is 2. The van der Waals surface area contributed by atoms with E-state index in [-0.39, 0.29) is 5.76 Å². The van der Waals surface area contributed by atoms with Crippen molar-refractivity contribution in [3.8, 4) is 0 Å². The molecule has 4 nitrogen and oxygen atoms in total. The second-order valence-corrected chi connectivity index (χ2v) is 2.49. The fourth-order valence-electron chi connectivity index (χ4n) is 0.674. The molecule has 0 saturated carbocycles. The monoisotopic (exact) mass is 190 g/mol. The lowest BCUT2D eigenvalue weighted by Crippen LogP contribution is -2.05. The van der Waals surface area contributed by atoms with E-state index in [1.54, 1.807) is 0 Å². The van der Waals surface area contributed by atoms with Crippen LogP contribution in [-0.2, 0) is 19.1 Å². The van der Waals surface area contributed by atoms with Crippen molar-refractivity contribution in [2.24, 2.45) is 0 Å². The quantitative estimate of drug-likeness (QED) is 0.282. The molecule has 66 valence electrons. The second-order valence-electron chi connectivity index (χ2n) is 2.11. The summed E-state index contributed by atoms with van der Waals surface area (Å²) in [6.07, 6.45) is 1.65. The number of esters is 2. The Hall–Kier alpha value is -1.03. The molecule has 1 rings (SSSR count). The van der Waals surface area contributed by atoms with E-state index < -0.39 is 11.9 Å². The van der Waals surface area contributed by atoms with Crippen LogP contribution in [0.3, 0.4) is 0 Å². The van der Waals surface area contributed by atoms with E-state index in [0.29, 0.717) is 18.9 Å². The van der Waals surface area contributed by atoms with Crippen LogP contribution in [0.25, 0.3) is 0 Å². The zero-order valence-electron chi connectivity index (χ0n) is 6.21. The minimum atomic E-state index is -0.727. The fraction of sp³-hybridized carbons (Fsp3) is 0.429. The van der Waals surface area contributed by atoms with E-state index in [4.69, 9.17) is 16.3 Å². The lowest BCUT2D eigenvalue weighted by Gasteiger charge is -2.00. The summed E-state index contributed by atoms with van der Waals surface area (Å²) in [5.41, 5.74) is 0. The Morgan fingerprint density at radius 2 is 2.25 bits per heavy atom. The Bertz CT molecular complexity index is 234. The highest BCUT2D eigenvalue weighted by molar-refractivity contribution is 6.17. The molecule has 12 heavy (non-hydrogen) atoms. The first-order valence-electron chi connectivity index (χ1n) is 3.40. The van der Waals surface area contributed by atoms with Crippen LogP contribution >= 0.6 is 11.6 Å². The lowest BCUT2D eigenvalue weighted by atomic mass is 10.5. The molecule has 0 amide bonds. The number of rotatable bonds is 4. The summed E-state index contributed by atoms with van der Waals surface area (Å²) in [5, 5.41) is 0. The van der Waals surface area contributed by atoms with Crippen molar-refractivity contribution in [2.45, 2.75) is 6.42 Å². The third kappa shape index (κ3) is 2.23. The van der Waals surface area contributed by atoms with Gasteiger partial charge in [-0.25, -0.2) is 9.59 Å². The molecule has 0 unspecified atom stereocenters. The minimum Gasteiger partial charge on any atom is -0.486 e. The number of cyclic esters (lactones) is 2. The normalized spacial score (nSPS) is 15.9. The lowest BCUT2D eigenvalue weighted by molar-refractivity contribution is -0.152. The molecule has 1 aliphatic heterocycles. The van der Waals surface area contributed by atoms with Crippen LogP contribution in [0.2, 0.25) is 0 Å². The topological polar surface area (TPSA) is 52.6 Å². The van der Waals surface area contributed by atoms with Crippen LogP contribution in [0.5, 0.6) is 0 Å². The van der Waals surface area contributed by atoms with Gasteiger partial charge in [-0.2, -0.15) is 0 Å². The number of carbonyl (C=O) groups excluding carboxylic acids is 2. The summed E-state index contributed by atoms with van der Waals surface area (Å²) in [7, 11) is 0. The summed E-state index contributed by atoms with van der Waals surface area (Å²) >= 11 is 5.37. The first kappa shape index (κ1) is 9.06. The number of alkyl halides is 1. The Kier molecular flexibility index (Phi) is 3.10. The van der Waals surface area contributed by atoms with Gasteiger partial charge in [-0.3, -0.25) is 0 Å². The van der Waals surface area contributed by atoms with Crippen LogP contribution in [-0.4, -0.2) is 24.4 Å². The molecule has 0 aromatic heterocycles. The summed E-state index contributed by atoms with van der Waals surface area (Å²) in [5.74, 6) is -0.989. The first-order chi connectivity index (χ1) is 5.74. The maximum absolute atomic E-state index is 10.7. The van der Waals surface area contributed by atoms with Crippen molar-refractivity contribution < 1.29 is 19.1 Å². The van der Waals surface area contributed by atoms with Crippen molar-refractivity contribution >= 4 is 23.5 Å². The number of carbonyl (C=O) groups is 2. The molecule has 0 atom stereocenters. The number of hydrogen-bond acceptors (Lipinski definition) is 4. The van der Waals surface area contributed by atoms with Crippen LogP contribution < -0.4 is 0 Å². The standard InChI is InChI=1S/C7H7ClO4/c8-2-1-3-11-5-4-6(9)12-7(5)10/h4H,1-3H2. The number of halogens is 1. The van der Waals surface area contributed by atoms with Gasteiger partial charge in [-0.1, -0.05) is 0 Å². The van der Waals surface area contributed by atoms with Gasteiger partial charge < -0.3 is 9.47 Å². The van der Waals surface area contributed by atoms with Crippen LogP contribution in [0, 0.1) is 0 Å². The Balaban J connectivity index is 2.36. The van der Waals surface area contributed by atoms with Gasteiger partial charge in [-0.15, -0.1) is 11.6 Å². The van der Waals surface area contributed by atoms with E-state index in [1.807, 2.05) is 0 Å². The van der Waals surface area contributed by atoms with Gasteiger partial charge in [0, 0.05) is 5.88 Å². The summed E-state index contributed by atoms with van der Waals surface area (Å²) in [4.78, 5) is 21.2. The molecule has 0 aromatic rings. The molecule has 0 fully saturated rings. The average Bonchev–Trinajstić information content (AvgIpc) is 2.31. The van der Waals surface area contributed by atoms with E-state index in [1.165, 1.54) is 0 Å². The third-order valence-corrected chi connectivity index (χ3v) is 1.45. The number of hydrogen-bond donors (Lipinski definition) is 0. The first-order valence-corrected chi connectivity index (χ1v) is 3.94. The SMILES string of the molecule is O=C1C=C(OCCCCl)C(=O)O1. The molecule has 1 aliphatic rings. The Labute approximate surface area is 74.1 Å². The Morgan fingerprint density at radius 1 is 1.50 bits per heavy atom. The van der Waals surface area contributed by atoms with Crippen LogP contribution in [0.1, 0.15) is 6.42 Å². The van der Waals surface area contributed by atoms with Crippen LogP contribution in [0.4, 0.5) is 0 Å². The van der Waals surface area contributed by atoms with Gasteiger partial charge in [0.25, 0.3) is 0 Å². The highest BCUT2D eigenvalue weighted by Crippen LogP contribution is 2.09. The molecule has 0 radical (unpaired) electrons. The zero-order chi connectivity index (χ0) is 8.97. The smallest absolute Gasteiger partial charge is 0.381 e. The predicted molar refractivity (Wildman–Crippen MR) is 40.5 cm³/mol. The minimum absolute atomic E-state index is 0.0369. The average molecular weight is 191 g/mol. The largest absolute Gasteiger partial charge is 0.486 e. The maximum atomic E-state index is 10.7. The van der Waals surface area contributed by atoms with Gasteiger partial charge in [0.1, 0.15) is 0 Å². The van der Waals surface area contributed by atoms with Crippen molar-refractivity contribution in [3.63, 3.8) is 0 Å². The summed E-state index contributed by atoms with van der Waals surface area (Å²) < 4.78 is 9.08. The van der Waals surface area contributed by atoms with E-state index in [0.717, 1.165) is 6.08 Å². The van der Waals surface area contributed by atoms with Gasteiger partial charge in [0.15, 0.2) is 0 Å². The Morgan fingerprint density at radius 3 is 2.75 bits per heavy atom. The van der Waals surface area contributed by atoms with Crippen molar-refractivity contribution in [1.29, 1.82) is 0 Å². The van der Waals surface area contributed by atoms with E-state index in [2.05, 4.69) is 4.74 Å². The van der Waals surface area contributed by atoms with E-state index in [9.17, 15) is 9.59 Å². The van der Waals surface area contributed by atoms with Crippen molar-refractivity contribution in [2.75, 3.05) is 12.5 Å². The van der Waals surface area contributed by atoms with Gasteiger partial charge in [0.2, 0.25) is 5.76 Å². The van der Waals surface area contributed by atoms with Gasteiger partial charge >= 0.3 is 11.9 Å². The third-order valence-electron chi connectivity index (χ3n) is 1.18.